The topological polar surface area (TPSA) is 72.5 Å². The summed E-state index contributed by atoms with van der Waals surface area (Å²) in [6, 6.07) is 15.6. The number of hydrogen-bond acceptors (Lipinski definition) is 4. The fourth-order valence-corrected chi connectivity index (χ4v) is 2.97. The highest BCUT2D eigenvalue weighted by Gasteiger charge is 2.29. The Morgan fingerprint density at radius 1 is 1.09 bits per heavy atom. The predicted molar refractivity (Wildman–Crippen MR) is 84.4 cm³/mol. The maximum atomic E-state index is 11.9. The zero-order valence-corrected chi connectivity index (χ0v) is 12.2. The Labute approximate surface area is 129 Å². The summed E-state index contributed by atoms with van der Waals surface area (Å²) >= 11 is 0. The normalized spacial score (nSPS) is 14.3. The molecule has 0 aliphatic heterocycles. The molecule has 114 valence electrons. The number of aliphatic hydroxyl groups is 1. The highest BCUT2D eigenvalue weighted by Crippen LogP contribution is 2.44. The van der Waals surface area contributed by atoms with Crippen molar-refractivity contribution in [1.29, 1.82) is 0 Å². The van der Waals surface area contributed by atoms with Crippen LogP contribution in [-0.4, -0.2) is 30.3 Å². The number of nitrogens with two attached hydrogens (primary N) is 1. The molecule has 0 spiro atoms. The first kappa shape index (κ1) is 14.8. The third kappa shape index (κ3) is 2.63. The van der Waals surface area contributed by atoms with Crippen molar-refractivity contribution in [3.05, 3.63) is 59.7 Å². The molecule has 0 saturated heterocycles. The van der Waals surface area contributed by atoms with E-state index in [1.807, 2.05) is 24.3 Å². The zero-order valence-electron chi connectivity index (χ0n) is 12.2. The standard InChI is InChI=1S/C18H19NO3/c19-17(9-10-20)18(21)22-11-16-14-7-3-1-5-12(14)13-6-2-4-8-15(13)16/h1-8,16-17,20H,9-11,19H2. The number of benzene rings is 2. The van der Waals surface area contributed by atoms with Crippen LogP contribution in [0.1, 0.15) is 23.5 Å². The van der Waals surface area contributed by atoms with Gasteiger partial charge in [-0.25, -0.2) is 0 Å². The van der Waals surface area contributed by atoms with Crippen LogP contribution >= 0.6 is 0 Å². The molecular formula is C18H19NO3. The SMILES string of the molecule is NC(CCO)C(=O)OCC1c2ccccc2-c2ccccc21. The van der Waals surface area contributed by atoms with E-state index < -0.39 is 12.0 Å². The third-order valence-electron chi connectivity index (χ3n) is 4.10. The Balaban J connectivity index is 1.81. The summed E-state index contributed by atoms with van der Waals surface area (Å²) in [6.45, 7) is 0.150. The first-order valence-electron chi connectivity index (χ1n) is 7.43. The first-order valence-corrected chi connectivity index (χ1v) is 7.43. The van der Waals surface area contributed by atoms with Crippen LogP contribution in [-0.2, 0) is 9.53 Å². The summed E-state index contributed by atoms with van der Waals surface area (Å²) < 4.78 is 5.38. The third-order valence-corrected chi connectivity index (χ3v) is 4.10. The monoisotopic (exact) mass is 297 g/mol. The molecule has 0 aromatic heterocycles. The molecule has 0 fully saturated rings. The number of rotatable bonds is 5. The quantitative estimate of drug-likeness (QED) is 0.829. The van der Waals surface area contributed by atoms with Gasteiger partial charge in [0.1, 0.15) is 12.6 Å². The lowest BCUT2D eigenvalue weighted by atomic mass is 9.98. The molecule has 0 radical (unpaired) electrons. The zero-order chi connectivity index (χ0) is 15.5. The lowest BCUT2D eigenvalue weighted by Crippen LogP contribution is -2.34. The van der Waals surface area contributed by atoms with Crippen LogP contribution in [0.3, 0.4) is 0 Å². The van der Waals surface area contributed by atoms with Crippen molar-refractivity contribution in [3.63, 3.8) is 0 Å². The van der Waals surface area contributed by atoms with Crippen LogP contribution in [0.4, 0.5) is 0 Å². The molecule has 3 N–H and O–H groups in total. The fraction of sp³-hybridized carbons (Fsp3) is 0.278. The van der Waals surface area contributed by atoms with Gasteiger partial charge >= 0.3 is 5.97 Å². The van der Waals surface area contributed by atoms with E-state index in [1.54, 1.807) is 0 Å². The number of carbonyl (C=O) groups excluding carboxylic acids is 1. The molecule has 1 unspecified atom stereocenters. The van der Waals surface area contributed by atoms with Crippen molar-refractivity contribution >= 4 is 5.97 Å². The van der Waals surface area contributed by atoms with Crippen molar-refractivity contribution in [2.75, 3.05) is 13.2 Å². The van der Waals surface area contributed by atoms with Crippen molar-refractivity contribution < 1.29 is 14.6 Å². The van der Waals surface area contributed by atoms with E-state index in [0.29, 0.717) is 0 Å². The van der Waals surface area contributed by atoms with Crippen molar-refractivity contribution in [1.82, 2.24) is 0 Å². The minimum atomic E-state index is -0.767. The van der Waals surface area contributed by atoms with E-state index in [9.17, 15) is 4.79 Å². The molecule has 2 aromatic rings. The highest BCUT2D eigenvalue weighted by molar-refractivity contribution is 5.79. The minimum absolute atomic E-state index is 0.0395. The lowest BCUT2D eigenvalue weighted by Gasteiger charge is -2.16. The molecule has 1 atom stereocenters. The lowest BCUT2D eigenvalue weighted by molar-refractivity contribution is -0.145. The van der Waals surface area contributed by atoms with E-state index in [1.165, 1.54) is 22.3 Å². The summed E-state index contributed by atoms with van der Waals surface area (Å²) in [4.78, 5) is 11.9. The van der Waals surface area contributed by atoms with Crippen molar-refractivity contribution in [2.24, 2.45) is 5.73 Å². The summed E-state index contributed by atoms with van der Waals surface area (Å²) in [7, 11) is 0. The molecule has 0 saturated carbocycles. The summed E-state index contributed by atoms with van der Waals surface area (Å²) in [6.07, 6.45) is 0.219. The Morgan fingerprint density at radius 3 is 2.18 bits per heavy atom. The van der Waals surface area contributed by atoms with Crippen LogP contribution in [0.15, 0.2) is 48.5 Å². The van der Waals surface area contributed by atoms with Crippen LogP contribution in [0, 0.1) is 0 Å². The summed E-state index contributed by atoms with van der Waals surface area (Å²) in [5.41, 5.74) is 10.4. The molecule has 22 heavy (non-hydrogen) atoms. The molecule has 0 heterocycles. The van der Waals surface area contributed by atoms with E-state index >= 15 is 0 Å². The van der Waals surface area contributed by atoms with E-state index in [4.69, 9.17) is 15.6 Å². The van der Waals surface area contributed by atoms with Gasteiger partial charge in [-0.05, 0) is 28.7 Å². The number of hydrogen-bond donors (Lipinski definition) is 2. The smallest absolute Gasteiger partial charge is 0.323 e. The fourth-order valence-electron chi connectivity index (χ4n) is 2.97. The second-order valence-corrected chi connectivity index (χ2v) is 5.48. The summed E-state index contributed by atoms with van der Waals surface area (Å²) in [5, 5.41) is 8.84. The Morgan fingerprint density at radius 2 is 1.64 bits per heavy atom. The highest BCUT2D eigenvalue weighted by atomic mass is 16.5. The number of fused-ring (bicyclic) bond motifs is 3. The van der Waals surface area contributed by atoms with Crippen LogP contribution < -0.4 is 5.73 Å². The maximum absolute atomic E-state index is 11.9. The van der Waals surface area contributed by atoms with E-state index in [-0.39, 0.29) is 25.6 Å². The molecule has 4 heteroatoms. The van der Waals surface area contributed by atoms with E-state index in [2.05, 4.69) is 24.3 Å². The van der Waals surface area contributed by atoms with Crippen LogP contribution in [0.25, 0.3) is 11.1 Å². The maximum Gasteiger partial charge on any atom is 0.323 e. The average molecular weight is 297 g/mol. The van der Waals surface area contributed by atoms with Crippen LogP contribution in [0.2, 0.25) is 0 Å². The molecule has 1 aliphatic rings. The van der Waals surface area contributed by atoms with Crippen molar-refractivity contribution in [3.8, 4) is 11.1 Å². The second-order valence-electron chi connectivity index (χ2n) is 5.48. The molecule has 4 nitrogen and oxygen atoms in total. The number of aliphatic hydroxyl groups excluding tert-OH is 1. The largest absolute Gasteiger partial charge is 0.464 e. The Bertz CT molecular complexity index is 638. The summed E-state index contributed by atoms with van der Waals surface area (Å²) in [5.74, 6) is -0.423. The van der Waals surface area contributed by atoms with Gasteiger partial charge in [-0.15, -0.1) is 0 Å². The predicted octanol–water partition coefficient (Wildman–Crippen LogP) is 2.05. The molecule has 2 aromatic carbocycles. The molecular weight excluding hydrogens is 278 g/mol. The van der Waals surface area contributed by atoms with Crippen molar-refractivity contribution in [2.45, 2.75) is 18.4 Å². The van der Waals surface area contributed by atoms with Gasteiger partial charge in [0.25, 0.3) is 0 Å². The number of ether oxygens (including phenoxy) is 1. The molecule has 0 bridgehead atoms. The second kappa shape index (κ2) is 6.30. The molecule has 0 amide bonds. The number of carbonyl (C=O) groups is 1. The van der Waals surface area contributed by atoms with Gasteiger partial charge in [-0.3, -0.25) is 4.79 Å². The van der Waals surface area contributed by atoms with Gasteiger partial charge in [0, 0.05) is 12.5 Å². The minimum Gasteiger partial charge on any atom is -0.464 e. The van der Waals surface area contributed by atoms with Crippen LogP contribution in [0.5, 0.6) is 0 Å². The molecule has 1 aliphatic carbocycles. The Kier molecular flexibility index (Phi) is 4.22. The average Bonchev–Trinajstić information content (AvgIpc) is 2.87. The van der Waals surface area contributed by atoms with Gasteiger partial charge < -0.3 is 15.6 Å². The van der Waals surface area contributed by atoms with E-state index in [0.717, 1.165) is 0 Å². The van der Waals surface area contributed by atoms with Gasteiger partial charge in [-0.1, -0.05) is 48.5 Å². The number of esters is 1. The van der Waals surface area contributed by atoms with Gasteiger partial charge in [0.2, 0.25) is 0 Å². The van der Waals surface area contributed by atoms with Gasteiger partial charge in [0.15, 0.2) is 0 Å². The molecule has 3 rings (SSSR count). The Hall–Kier alpha value is -2.17. The first-order chi connectivity index (χ1) is 10.7. The van der Waals surface area contributed by atoms with Gasteiger partial charge in [0.05, 0.1) is 0 Å². The van der Waals surface area contributed by atoms with Gasteiger partial charge in [-0.2, -0.15) is 0 Å².